The van der Waals surface area contributed by atoms with Crippen molar-refractivity contribution in [2.75, 3.05) is 79.0 Å². The summed E-state index contributed by atoms with van der Waals surface area (Å²) in [5.74, 6) is -1.05. The van der Waals surface area contributed by atoms with Gasteiger partial charge in [-0.15, -0.1) is 0 Å². The van der Waals surface area contributed by atoms with Gasteiger partial charge in [0.15, 0.2) is 0 Å². The normalized spacial score (nSPS) is 11.2. The van der Waals surface area contributed by atoms with Gasteiger partial charge in [-0.25, -0.2) is 0 Å². The van der Waals surface area contributed by atoms with Gasteiger partial charge in [-0.3, -0.25) is 19.2 Å². The van der Waals surface area contributed by atoms with Crippen LogP contribution in [0.3, 0.4) is 0 Å². The zero-order chi connectivity index (χ0) is 29.9. The molecule has 0 aliphatic heterocycles. The fraction of sp³-hybridized carbons (Fsp3) is 0.857. The summed E-state index contributed by atoms with van der Waals surface area (Å²) in [6, 6.07) is 0. The van der Waals surface area contributed by atoms with Crippen LogP contribution >= 0.6 is 0 Å². The molecule has 4 amide bonds. The fourth-order valence-corrected chi connectivity index (χ4v) is 3.56. The van der Waals surface area contributed by atoms with Crippen LogP contribution in [-0.4, -0.2) is 103 Å². The number of carbonyl (C=O) groups excluding carboxylic acids is 4. The van der Waals surface area contributed by atoms with Gasteiger partial charge in [0, 0.05) is 26.2 Å². The zero-order valence-electron chi connectivity index (χ0n) is 25.2. The van der Waals surface area contributed by atoms with Gasteiger partial charge in [0.25, 0.3) is 0 Å². The van der Waals surface area contributed by atoms with Crippen molar-refractivity contribution < 1.29 is 38.1 Å². The van der Waals surface area contributed by atoms with E-state index in [2.05, 4.69) is 35.1 Å². The molecule has 0 atom stereocenters. The summed E-state index contributed by atoms with van der Waals surface area (Å²) in [4.78, 5) is 48.5. The second kappa shape index (κ2) is 25.7. The number of amides is 4. The maximum atomic E-state index is 12.2. The van der Waals surface area contributed by atoms with Crippen molar-refractivity contribution in [2.45, 2.75) is 72.6 Å². The largest absolute Gasteiger partial charge is 0.371 e. The molecule has 12 nitrogen and oxygen atoms in total. The van der Waals surface area contributed by atoms with E-state index >= 15 is 0 Å². The number of ether oxygens (including phenoxy) is 4. The molecule has 0 saturated heterocycles. The Balaban J connectivity index is 5.28. The van der Waals surface area contributed by atoms with Crippen LogP contribution in [0.15, 0.2) is 0 Å². The lowest BCUT2D eigenvalue weighted by Crippen LogP contribution is -2.45. The molecule has 0 radical (unpaired) electrons. The van der Waals surface area contributed by atoms with Crippen molar-refractivity contribution in [2.24, 2.45) is 5.41 Å². The molecule has 0 aromatic rings. The SMILES string of the molecule is CCCCCNC(=O)COCC(COCC(=O)NCC)(COCC(=O)NCCC)COCC(=O)NCCCCC. The summed E-state index contributed by atoms with van der Waals surface area (Å²) in [6.07, 6.45) is 6.74. The predicted molar refractivity (Wildman–Crippen MR) is 153 cm³/mol. The number of nitrogens with one attached hydrogen (secondary N) is 4. The van der Waals surface area contributed by atoms with E-state index in [1.54, 1.807) is 0 Å². The van der Waals surface area contributed by atoms with Crippen LogP contribution in [0, 0.1) is 5.41 Å². The van der Waals surface area contributed by atoms with Gasteiger partial charge < -0.3 is 40.2 Å². The Morgan fingerprint density at radius 3 is 1.15 bits per heavy atom. The summed E-state index contributed by atoms with van der Waals surface area (Å²) in [5, 5.41) is 11.1. The third kappa shape index (κ3) is 21.5. The van der Waals surface area contributed by atoms with Crippen LogP contribution in [-0.2, 0) is 38.1 Å². The molecular formula is C28H54N4O8. The highest BCUT2D eigenvalue weighted by atomic mass is 16.5. The van der Waals surface area contributed by atoms with E-state index in [1.807, 2.05) is 13.8 Å². The van der Waals surface area contributed by atoms with Gasteiger partial charge in [0.2, 0.25) is 23.6 Å². The van der Waals surface area contributed by atoms with Crippen LogP contribution in [0.1, 0.15) is 72.6 Å². The maximum Gasteiger partial charge on any atom is 0.245 e. The van der Waals surface area contributed by atoms with Crippen molar-refractivity contribution in [3.8, 4) is 0 Å². The van der Waals surface area contributed by atoms with Crippen molar-refractivity contribution in [1.29, 1.82) is 0 Å². The summed E-state index contributed by atoms with van der Waals surface area (Å²) in [7, 11) is 0. The zero-order valence-corrected chi connectivity index (χ0v) is 25.2. The molecule has 0 unspecified atom stereocenters. The van der Waals surface area contributed by atoms with Gasteiger partial charge in [0.1, 0.15) is 26.4 Å². The molecule has 12 heteroatoms. The van der Waals surface area contributed by atoms with Crippen LogP contribution in [0.4, 0.5) is 0 Å². The van der Waals surface area contributed by atoms with Crippen LogP contribution in [0.25, 0.3) is 0 Å². The molecule has 40 heavy (non-hydrogen) atoms. The second-order valence-electron chi connectivity index (χ2n) is 9.89. The second-order valence-corrected chi connectivity index (χ2v) is 9.89. The Kier molecular flexibility index (Phi) is 24.2. The van der Waals surface area contributed by atoms with Gasteiger partial charge >= 0.3 is 0 Å². The summed E-state index contributed by atoms with van der Waals surface area (Å²) < 4.78 is 22.9. The molecule has 0 aliphatic rings. The summed E-state index contributed by atoms with van der Waals surface area (Å²) >= 11 is 0. The Bertz CT molecular complexity index is 663. The summed E-state index contributed by atoms with van der Waals surface area (Å²) in [6.45, 7) is 9.29. The lowest BCUT2D eigenvalue weighted by molar-refractivity contribution is -0.143. The monoisotopic (exact) mass is 574 g/mol. The Labute approximate surface area is 240 Å². The Morgan fingerprint density at radius 1 is 0.475 bits per heavy atom. The molecule has 234 valence electrons. The number of carbonyl (C=O) groups is 4. The minimum atomic E-state index is -0.984. The molecule has 0 saturated carbocycles. The summed E-state index contributed by atoms with van der Waals surface area (Å²) in [5.41, 5.74) is -0.984. The molecule has 0 bridgehead atoms. The number of hydrogen-bond donors (Lipinski definition) is 4. The molecule has 0 heterocycles. The Hall–Kier alpha value is -2.28. The number of hydrogen-bond acceptors (Lipinski definition) is 8. The van der Waals surface area contributed by atoms with E-state index in [-0.39, 0.29) is 76.5 Å². The van der Waals surface area contributed by atoms with E-state index in [0.29, 0.717) is 26.2 Å². The smallest absolute Gasteiger partial charge is 0.245 e. The quantitative estimate of drug-likeness (QED) is 0.107. The fourth-order valence-electron chi connectivity index (χ4n) is 3.56. The van der Waals surface area contributed by atoms with Crippen LogP contribution in [0.5, 0.6) is 0 Å². The van der Waals surface area contributed by atoms with Crippen molar-refractivity contribution >= 4 is 23.6 Å². The Morgan fingerprint density at radius 2 is 0.825 bits per heavy atom. The third-order valence-electron chi connectivity index (χ3n) is 5.72. The van der Waals surface area contributed by atoms with Crippen LogP contribution < -0.4 is 21.3 Å². The first-order valence-electron chi connectivity index (χ1n) is 14.7. The number of rotatable bonds is 27. The number of unbranched alkanes of at least 4 members (excludes halogenated alkanes) is 4. The average Bonchev–Trinajstić information content (AvgIpc) is 2.92. The first-order chi connectivity index (χ1) is 19.3. The standard InChI is InChI=1S/C28H54N4O8/c1-5-9-11-14-31-26(35)18-39-22-28(20-37-16-24(33)29-8-4,21-38-17-25(34)30-13-7-3)23-40-19-27(36)32-15-12-10-6-2/h5-23H2,1-4H3,(H,29,33)(H,30,34)(H,31,35)(H,32,36). The molecule has 0 aromatic carbocycles. The highest BCUT2D eigenvalue weighted by Gasteiger charge is 2.34. The van der Waals surface area contributed by atoms with Gasteiger partial charge in [0.05, 0.1) is 31.8 Å². The third-order valence-corrected chi connectivity index (χ3v) is 5.72. The molecule has 0 spiro atoms. The molecular weight excluding hydrogens is 520 g/mol. The van der Waals surface area contributed by atoms with Crippen molar-refractivity contribution in [3.63, 3.8) is 0 Å². The highest BCUT2D eigenvalue weighted by Crippen LogP contribution is 2.21. The average molecular weight is 575 g/mol. The molecule has 0 fully saturated rings. The van der Waals surface area contributed by atoms with E-state index in [1.165, 1.54) is 0 Å². The van der Waals surface area contributed by atoms with Gasteiger partial charge in [-0.05, 0) is 26.2 Å². The van der Waals surface area contributed by atoms with E-state index in [4.69, 9.17) is 18.9 Å². The predicted octanol–water partition coefficient (Wildman–Crippen LogP) is 1.31. The first-order valence-corrected chi connectivity index (χ1v) is 14.7. The molecule has 0 rings (SSSR count). The van der Waals surface area contributed by atoms with E-state index in [0.717, 1.165) is 44.9 Å². The van der Waals surface area contributed by atoms with E-state index in [9.17, 15) is 19.2 Å². The van der Waals surface area contributed by atoms with Crippen molar-refractivity contribution in [3.05, 3.63) is 0 Å². The minimum absolute atomic E-state index is 0.0144. The van der Waals surface area contributed by atoms with Gasteiger partial charge in [-0.2, -0.15) is 0 Å². The van der Waals surface area contributed by atoms with Gasteiger partial charge in [-0.1, -0.05) is 46.5 Å². The molecule has 4 N–H and O–H groups in total. The highest BCUT2D eigenvalue weighted by molar-refractivity contribution is 5.78. The van der Waals surface area contributed by atoms with Crippen molar-refractivity contribution in [1.82, 2.24) is 21.3 Å². The topological polar surface area (TPSA) is 153 Å². The lowest BCUT2D eigenvalue weighted by Gasteiger charge is -2.32. The first kappa shape index (κ1) is 37.7. The molecule has 0 aliphatic carbocycles. The van der Waals surface area contributed by atoms with E-state index < -0.39 is 5.41 Å². The molecule has 0 aromatic heterocycles. The lowest BCUT2D eigenvalue weighted by atomic mass is 9.92. The van der Waals surface area contributed by atoms with Crippen LogP contribution in [0.2, 0.25) is 0 Å². The minimum Gasteiger partial charge on any atom is -0.371 e. The maximum absolute atomic E-state index is 12.2. The number of likely N-dealkylation sites (N-methyl/N-ethyl adjacent to an activating group) is 1.